The van der Waals surface area contributed by atoms with E-state index < -0.39 is 0 Å². The van der Waals surface area contributed by atoms with Gasteiger partial charge >= 0.3 is 0 Å². The van der Waals surface area contributed by atoms with Crippen LogP contribution in [0.4, 0.5) is 0 Å². The Morgan fingerprint density at radius 1 is 1.05 bits per heavy atom. The van der Waals surface area contributed by atoms with Gasteiger partial charge in [-0.1, -0.05) is 30.8 Å². The molecule has 0 spiro atoms. The molecule has 2 N–H and O–H groups in total. The fourth-order valence-corrected chi connectivity index (χ4v) is 3.30. The molecule has 1 aromatic heterocycles. The van der Waals surface area contributed by atoms with Gasteiger partial charge in [0, 0.05) is 18.1 Å². The summed E-state index contributed by atoms with van der Waals surface area (Å²) in [4.78, 5) is 12.1. The number of carbonyl (C=O) groups excluding carboxylic acids is 1. The van der Waals surface area contributed by atoms with Gasteiger partial charge in [0.05, 0.1) is 0 Å². The van der Waals surface area contributed by atoms with E-state index >= 15 is 0 Å². The largest absolute Gasteiger partial charge is 0.346 e. The summed E-state index contributed by atoms with van der Waals surface area (Å²) < 4.78 is 4.59. The zero-order chi connectivity index (χ0) is 14.7. The lowest BCUT2D eigenvalue weighted by atomic mass is 9.85. The second-order valence-electron chi connectivity index (χ2n) is 6.32. The van der Waals surface area contributed by atoms with Gasteiger partial charge in [-0.2, -0.15) is 0 Å². The molecule has 116 valence electrons. The average molecular weight is 292 g/mol. The predicted octanol–water partition coefficient (Wildman–Crippen LogP) is 1.95. The van der Waals surface area contributed by atoms with Gasteiger partial charge in [0.2, 0.25) is 0 Å². The zero-order valence-corrected chi connectivity index (χ0v) is 12.6. The quantitative estimate of drug-likeness (QED) is 0.829. The Labute approximate surface area is 125 Å². The summed E-state index contributed by atoms with van der Waals surface area (Å²) in [7, 11) is 0. The van der Waals surface area contributed by atoms with Gasteiger partial charge in [0.25, 0.3) is 5.91 Å². The van der Waals surface area contributed by atoms with Crippen molar-refractivity contribution in [2.75, 3.05) is 0 Å². The maximum absolute atomic E-state index is 12.1. The van der Waals surface area contributed by atoms with Crippen molar-refractivity contribution in [1.82, 2.24) is 20.9 Å². The Balaban J connectivity index is 1.50. The van der Waals surface area contributed by atoms with Crippen LogP contribution in [0.3, 0.4) is 0 Å². The summed E-state index contributed by atoms with van der Waals surface area (Å²) in [5.41, 5.74) is 0.843. The fourth-order valence-electron chi connectivity index (χ4n) is 3.30. The summed E-state index contributed by atoms with van der Waals surface area (Å²) >= 11 is 0. The molecule has 2 fully saturated rings. The highest BCUT2D eigenvalue weighted by molar-refractivity contribution is 5.93. The van der Waals surface area contributed by atoms with Crippen LogP contribution in [0.5, 0.6) is 0 Å². The molecule has 0 aromatic carbocycles. The van der Waals surface area contributed by atoms with Gasteiger partial charge in [0.15, 0.2) is 5.69 Å². The third kappa shape index (κ3) is 3.43. The molecule has 2 aliphatic rings. The third-order valence-electron chi connectivity index (χ3n) is 4.76. The number of nitrogens with zero attached hydrogens (tertiary/aromatic N) is 2. The molecule has 2 atom stereocenters. The first-order valence-electron chi connectivity index (χ1n) is 8.10. The van der Waals surface area contributed by atoms with E-state index in [4.69, 9.17) is 0 Å². The summed E-state index contributed by atoms with van der Waals surface area (Å²) in [6, 6.07) is 1.22. The van der Waals surface area contributed by atoms with Gasteiger partial charge in [-0.15, -0.1) is 0 Å². The molecule has 3 rings (SSSR count). The standard InChI is InChI=1S/C15H24N4O2/c1-10-14(19-21-18-10)15(20)17-13-9-8-12(13)16-11-6-4-2-3-5-7-11/h11-13,16H,2-9H2,1H3,(H,17,20). The number of aromatic nitrogens is 2. The minimum Gasteiger partial charge on any atom is -0.346 e. The van der Waals surface area contributed by atoms with E-state index in [0.29, 0.717) is 23.5 Å². The van der Waals surface area contributed by atoms with Crippen LogP contribution in [0.1, 0.15) is 67.5 Å². The van der Waals surface area contributed by atoms with E-state index in [0.717, 1.165) is 12.8 Å². The Hall–Kier alpha value is -1.43. The Morgan fingerprint density at radius 3 is 2.33 bits per heavy atom. The minimum absolute atomic E-state index is 0.175. The maximum atomic E-state index is 12.1. The van der Waals surface area contributed by atoms with Crippen molar-refractivity contribution >= 4 is 5.91 Å². The number of hydrogen-bond acceptors (Lipinski definition) is 5. The first kappa shape index (κ1) is 14.5. The first-order chi connectivity index (χ1) is 10.2. The fraction of sp³-hybridized carbons (Fsp3) is 0.800. The Bertz CT molecular complexity index is 480. The van der Waals surface area contributed by atoms with Crippen molar-refractivity contribution in [2.24, 2.45) is 0 Å². The summed E-state index contributed by atoms with van der Waals surface area (Å²) in [6.07, 6.45) is 10.1. The lowest BCUT2D eigenvalue weighted by Gasteiger charge is -2.40. The second kappa shape index (κ2) is 6.56. The lowest BCUT2D eigenvalue weighted by Crippen LogP contribution is -2.59. The monoisotopic (exact) mass is 292 g/mol. The molecule has 1 heterocycles. The van der Waals surface area contributed by atoms with E-state index in [1.54, 1.807) is 6.92 Å². The van der Waals surface area contributed by atoms with Gasteiger partial charge in [-0.25, -0.2) is 4.63 Å². The van der Waals surface area contributed by atoms with Crippen molar-refractivity contribution in [3.63, 3.8) is 0 Å². The molecule has 0 radical (unpaired) electrons. The van der Waals surface area contributed by atoms with E-state index in [9.17, 15) is 4.79 Å². The molecule has 2 saturated carbocycles. The van der Waals surface area contributed by atoms with Crippen LogP contribution < -0.4 is 10.6 Å². The Kier molecular flexibility index (Phi) is 4.53. The number of hydrogen-bond donors (Lipinski definition) is 2. The van der Waals surface area contributed by atoms with E-state index in [1.165, 1.54) is 38.5 Å². The van der Waals surface area contributed by atoms with Gasteiger partial charge in [-0.3, -0.25) is 4.79 Å². The van der Waals surface area contributed by atoms with E-state index in [2.05, 4.69) is 25.6 Å². The predicted molar refractivity (Wildman–Crippen MR) is 77.9 cm³/mol. The topological polar surface area (TPSA) is 80.0 Å². The van der Waals surface area contributed by atoms with Crippen molar-refractivity contribution in [3.8, 4) is 0 Å². The first-order valence-corrected chi connectivity index (χ1v) is 8.10. The molecular formula is C15H24N4O2. The van der Waals surface area contributed by atoms with Gasteiger partial charge in [-0.05, 0) is 37.8 Å². The molecule has 0 saturated heterocycles. The smallest absolute Gasteiger partial charge is 0.275 e. The molecule has 6 nitrogen and oxygen atoms in total. The van der Waals surface area contributed by atoms with E-state index in [-0.39, 0.29) is 11.9 Å². The molecule has 0 bridgehead atoms. The summed E-state index contributed by atoms with van der Waals surface area (Å²) in [5, 5.41) is 14.1. The van der Waals surface area contributed by atoms with Gasteiger partial charge in [0.1, 0.15) is 5.69 Å². The van der Waals surface area contributed by atoms with Crippen LogP contribution in [0, 0.1) is 6.92 Å². The number of nitrogens with one attached hydrogen (secondary N) is 2. The second-order valence-corrected chi connectivity index (χ2v) is 6.32. The van der Waals surface area contributed by atoms with Crippen molar-refractivity contribution in [3.05, 3.63) is 11.4 Å². The highest BCUT2D eigenvalue weighted by Crippen LogP contribution is 2.24. The van der Waals surface area contributed by atoms with Crippen LogP contribution in [0.2, 0.25) is 0 Å². The molecule has 1 aromatic rings. The number of aryl methyl sites for hydroxylation is 1. The highest BCUT2D eigenvalue weighted by Gasteiger charge is 2.34. The number of carbonyl (C=O) groups is 1. The maximum Gasteiger partial charge on any atom is 0.275 e. The van der Waals surface area contributed by atoms with Crippen molar-refractivity contribution in [2.45, 2.75) is 76.4 Å². The van der Waals surface area contributed by atoms with Crippen LogP contribution in [0.15, 0.2) is 4.63 Å². The third-order valence-corrected chi connectivity index (χ3v) is 4.76. The molecular weight excluding hydrogens is 268 g/mol. The Morgan fingerprint density at radius 2 is 1.76 bits per heavy atom. The zero-order valence-electron chi connectivity index (χ0n) is 12.6. The molecule has 21 heavy (non-hydrogen) atoms. The average Bonchev–Trinajstić information content (AvgIpc) is 2.74. The molecule has 0 aliphatic heterocycles. The SMILES string of the molecule is Cc1nonc1C(=O)NC1CCC1NC1CCCCCC1. The number of amides is 1. The van der Waals surface area contributed by atoms with Crippen LogP contribution in [-0.4, -0.2) is 34.3 Å². The number of rotatable bonds is 4. The molecule has 1 amide bonds. The van der Waals surface area contributed by atoms with Crippen molar-refractivity contribution < 1.29 is 9.42 Å². The molecule has 6 heteroatoms. The van der Waals surface area contributed by atoms with Crippen LogP contribution in [0.25, 0.3) is 0 Å². The van der Waals surface area contributed by atoms with Crippen LogP contribution in [-0.2, 0) is 0 Å². The van der Waals surface area contributed by atoms with Crippen molar-refractivity contribution in [1.29, 1.82) is 0 Å². The summed E-state index contributed by atoms with van der Waals surface area (Å²) in [5.74, 6) is -0.175. The molecule has 2 unspecified atom stereocenters. The minimum atomic E-state index is -0.175. The lowest BCUT2D eigenvalue weighted by molar-refractivity contribution is 0.0877. The van der Waals surface area contributed by atoms with Gasteiger partial charge < -0.3 is 10.6 Å². The highest BCUT2D eigenvalue weighted by atomic mass is 16.6. The summed E-state index contributed by atoms with van der Waals surface area (Å²) in [6.45, 7) is 1.73. The van der Waals surface area contributed by atoms with E-state index in [1.807, 2.05) is 0 Å². The molecule has 2 aliphatic carbocycles. The normalized spacial score (nSPS) is 26.9. The van der Waals surface area contributed by atoms with Crippen LogP contribution >= 0.6 is 0 Å².